The van der Waals surface area contributed by atoms with Crippen molar-refractivity contribution in [2.24, 2.45) is 11.8 Å². The zero-order valence-corrected chi connectivity index (χ0v) is 12.0. The first kappa shape index (κ1) is 14.2. The van der Waals surface area contributed by atoms with E-state index < -0.39 is 6.10 Å². The summed E-state index contributed by atoms with van der Waals surface area (Å²) in [6.07, 6.45) is 2.52. The van der Waals surface area contributed by atoms with Gasteiger partial charge in [0.1, 0.15) is 11.8 Å². The first-order valence-electron chi connectivity index (χ1n) is 6.78. The number of ether oxygens (including phenoxy) is 2. The van der Waals surface area contributed by atoms with Gasteiger partial charge in [0.05, 0.1) is 31.7 Å². The second-order valence-corrected chi connectivity index (χ2v) is 5.30. The summed E-state index contributed by atoms with van der Waals surface area (Å²) in [6, 6.07) is -0.149. The van der Waals surface area contributed by atoms with Gasteiger partial charge in [-0.25, -0.2) is 15.0 Å². The summed E-state index contributed by atoms with van der Waals surface area (Å²) in [4.78, 5) is 12.4. The standard InChI is InChI=1S/C13H19N5O3/c1-20-3-7-8(4-21-2)11(19)10(7)18-6-17-9-12(14)15-5-16-13(9)18/h5-8,10-11,19H,3-4H2,1-2H3,(H2,14,15,16)/t7-,8-,10+,11-/m0/s1. The van der Waals surface area contributed by atoms with E-state index in [2.05, 4.69) is 15.0 Å². The van der Waals surface area contributed by atoms with Crippen molar-refractivity contribution in [3.63, 3.8) is 0 Å². The highest BCUT2D eigenvalue weighted by atomic mass is 16.5. The summed E-state index contributed by atoms with van der Waals surface area (Å²) in [5, 5.41) is 10.4. The average Bonchev–Trinajstić information content (AvgIpc) is 2.90. The monoisotopic (exact) mass is 293 g/mol. The van der Waals surface area contributed by atoms with E-state index in [1.165, 1.54) is 6.33 Å². The summed E-state index contributed by atoms with van der Waals surface area (Å²) in [5.74, 6) is 0.513. The molecule has 0 amide bonds. The molecule has 0 bridgehead atoms. The summed E-state index contributed by atoms with van der Waals surface area (Å²) in [6.45, 7) is 1.03. The number of nitrogens with two attached hydrogens (primary N) is 1. The molecule has 0 aromatic carbocycles. The fourth-order valence-electron chi connectivity index (χ4n) is 3.16. The number of hydrogen-bond donors (Lipinski definition) is 2. The fraction of sp³-hybridized carbons (Fsp3) is 0.615. The molecule has 3 rings (SSSR count). The highest BCUT2D eigenvalue weighted by Gasteiger charge is 2.51. The van der Waals surface area contributed by atoms with Gasteiger partial charge in [-0.05, 0) is 0 Å². The molecule has 21 heavy (non-hydrogen) atoms. The molecule has 0 aliphatic heterocycles. The number of aliphatic hydroxyl groups is 1. The lowest BCUT2D eigenvalue weighted by molar-refractivity contribution is -0.135. The van der Waals surface area contributed by atoms with E-state index in [9.17, 15) is 5.11 Å². The predicted molar refractivity (Wildman–Crippen MR) is 75.5 cm³/mol. The van der Waals surface area contributed by atoms with E-state index in [0.717, 1.165) is 0 Å². The highest BCUT2D eigenvalue weighted by Crippen LogP contribution is 2.45. The Hall–Kier alpha value is -1.77. The van der Waals surface area contributed by atoms with Crippen molar-refractivity contribution in [2.45, 2.75) is 12.1 Å². The summed E-state index contributed by atoms with van der Waals surface area (Å²) >= 11 is 0. The third-order valence-corrected chi connectivity index (χ3v) is 4.20. The van der Waals surface area contributed by atoms with Gasteiger partial charge in [0, 0.05) is 26.1 Å². The van der Waals surface area contributed by atoms with Gasteiger partial charge < -0.3 is 24.9 Å². The van der Waals surface area contributed by atoms with Gasteiger partial charge in [-0.1, -0.05) is 0 Å². The third-order valence-electron chi connectivity index (χ3n) is 4.20. The Kier molecular flexibility index (Phi) is 3.75. The number of nitrogens with zero attached hydrogens (tertiary/aromatic N) is 4. The molecule has 1 saturated carbocycles. The zero-order chi connectivity index (χ0) is 15.0. The largest absolute Gasteiger partial charge is 0.391 e. The normalized spacial score (nSPS) is 28.7. The van der Waals surface area contributed by atoms with Crippen LogP contribution in [-0.4, -0.2) is 58.2 Å². The molecule has 1 aliphatic carbocycles. The topological polar surface area (TPSA) is 108 Å². The Bertz CT molecular complexity index is 631. The molecule has 8 heteroatoms. The summed E-state index contributed by atoms with van der Waals surface area (Å²) < 4.78 is 12.3. The quantitative estimate of drug-likeness (QED) is 0.789. The number of imidazole rings is 1. The van der Waals surface area contributed by atoms with Crippen LogP contribution >= 0.6 is 0 Å². The Morgan fingerprint density at radius 1 is 1.19 bits per heavy atom. The number of aromatic nitrogens is 4. The van der Waals surface area contributed by atoms with E-state index in [0.29, 0.717) is 30.2 Å². The summed E-state index contributed by atoms with van der Waals surface area (Å²) in [7, 11) is 3.28. The maximum absolute atomic E-state index is 10.4. The molecule has 0 unspecified atom stereocenters. The minimum atomic E-state index is -0.529. The highest BCUT2D eigenvalue weighted by molar-refractivity contribution is 5.81. The van der Waals surface area contributed by atoms with E-state index in [4.69, 9.17) is 15.2 Å². The molecule has 114 valence electrons. The van der Waals surface area contributed by atoms with E-state index >= 15 is 0 Å². The lowest BCUT2D eigenvalue weighted by atomic mass is 9.67. The van der Waals surface area contributed by atoms with Crippen LogP contribution < -0.4 is 5.73 Å². The SMILES string of the molecule is COC[C@@H]1[C@H](O)[C@H](n2cnc3c(N)ncnc32)[C@H]1COC. The fourth-order valence-corrected chi connectivity index (χ4v) is 3.16. The van der Waals surface area contributed by atoms with Gasteiger partial charge in [0.15, 0.2) is 11.5 Å². The maximum Gasteiger partial charge on any atom is 0.165 e. The lowest BCUT2D eigenvalue weighted by Gasteiger charge is -2.49. The molecule has 1 fully saturated rings. The molecule has 0 saturated heterocycles. The van der Waals surface area contributed by atoms with E-state index in [-0.39, 0.29) is 17.9 Å². The molecular weight excluding hydrogens is 274 g/mol. The number of nitrogen functional groups attached to an aromatic ring is 1. The van der Waals surface area contributed by atoms with Gasteiger partial charge >= 0.3 is 0 Å². The number of rotatable bonds is 5. The van der Waals surface area contributed by atoms with Crippen LogP contribution in [0, 0.1) is 11.8 Å². The van der Waals surface area contributed by atoms with Crippen molar-refractivity contribution in [3.05, 3.63) is 12.7 Å². The van der Waals surface area contributed by atoms with E-state index in [1.54, 1.807) is 20.5 Å². The minimum absolute atomic E-state index is 0.0385. The Balaban J connectivity index is 1.96. The lowest BCUT2D eigenvalue weighted by Crippen LogP contribution is -2.55. The number of fused-ring (bicyclic) bond motifs is 1. The second kappa shape index (κ2) is 5.55. The van der Waals surface area contributed by atoms with Crippen LogP contribution in [0.2, 0.25) is 0 Å². The Labute approximate surface area is 121 Å². The molecule has 4 atom stereocenters. The van der Waals surface area contributed by atoms with Crippen LogP contribution in [0.15, 0.2) is 12.7 Å². The predicted octanol–water partition coefficient (Wildman–Crippen LogP) is -0.151. The molecule has 0 radical (unpaired) electrons. The van der Waals surface area contributed by atoms with Crippen LogP contribution in [0.5, 0.6) is 0 Å². The van der Waals surface area contributed by atoms with E-state index in [1.807, 2.05) is 4.57 Å². The molecule has 0 spiro atoms. The van der Waals surface area contributed by atoms with Crippen molar-refractivity contribution in [1.82, 2.24) is 19.5 Å². The summed E-state index contributed by atoms with van der Waals surface area (Å²) in [5.41, 5.74) is 6.98. The van der Waals surface area contributed by atoms with Crippen molar-refractivity contribution in [2.75, 3.05) is 33.2 Å². The first-order valence-corrected chi connectivity index (χ1v) is 6.78. The molecule has 2 aromatic heterocycles. The number of hydrogen-bond acceptors (Lipinski definition) is 7. The number of methoxy groups -OCH3 is 2. The number of anilines is 1. The second-order valence-electron chi connectivity index (χ2n) is 5.30. The molecule has 2 heterocycles. The van der Waals surface area contributed by atoms with Crippen LogP contribution in [0.25, 0.3) is 11.2 Å². The molecular formula is C13H19N5O3. The van der Waals surface area contributed by atoms with Crippen LogP contribution in [0.3, 0.4) is 0 Å². The average molecular weight is 293 g/mol. The number of aliphatic hydroxyl groups excluding tert-OH is 1. The maximum atomic E-state index is 10.4. The Morgan fingerprint density at radius 2 is 1.90 bits per heavy atom. The molecule has 1 aliphatic rings. The van der Waals surface area contributed by atoms with Crippen LogP contribution in [0.4, 0.5) is 5.82 Å². The van der Waals surface area contributed by atoms with Crippen LogP contribution in [-0.2, 0) is 9.47 Å². The van der Waals surface area contributed by atoms with Gasteiger partial charge in [0.25, 0.3) is 0 Å². The van der Waals surface area contributed by atoms with Gasteiger partial charge in [0.2, 0.25) is 0 Å². The smallest absolute Gasteiger partial charge is 0.165 e. The minimum Gasteiger partial charge on any atom is -0.391 e. The first-order chi connectivity index (χ1) is 10.2. The van der Waals surface area contributed by atoms with Gasteiger partial charge in [-0.2, -0.15) is 0 Å². The molecule has 8 nitrogen and oxygen atoms in total. The van der Waals surface area contributed by atoms with Crippen LogP contribution in [0.1, 0.15) is 6.04 Å². The van der Waals surface area contributed by atoms with Gasteiger partial charge in [-0.3, -0.25) is 0 Å². The van der Waals surface area contributed by atoms with Crippen molar-refractivity contribution >= 4 is 17.0 Å². The molecule has 3 N–H and O–H groups in total. The zero-order valence-electron chi connectivity index (χ0n) is 12.0. The molecule has 2 aromatic rings. The Morgan fingerprint density at radius 3 is 2.62 bits per heavy atom. The van der Waals surface area contributed by atoms with Crippen molar-refractivity contribution in [3.8, 4) is 0 Å². The van der Waals surface area contributed by atoms with Gasteiger partial charge in [-0.15, -0.1) is 0 Å². The van der Waals surface area contributed by atoms with Crippen molar-refractivity contribution in [1.29, 1.82) is 0 Å². The third kappa shape index (κ3) is 2.15. The van der Waals surface area contributed by atoms with Crippen molar-refractivity contribution < 1.29 is 14.6 Å².